The van der Waals surface area contributed by atoms with Crippen LogP contribution in [0.25, 0.3) is 22.6 Å². The molecule has 0 atom stereocenters. The Morgan fingerprint density at radius 3 is 2.82 bits per heavy atom. The summed E-state index contributed by atoms with van der Waals surface area (Å²) in [6.45, 7) is 0. The maximum absolute atomic E-state index is 5.94. The fourth-order valence-corrected chi connectivity index (χ4v) is 2.18. The third kappa shape index (κ3) is 2.08. The first-order valence-corrected chi connectivity index (χ1v) is 6.21. The highest BCUT2D eigenvalue weighted by Gasteiger charge is 2.08. The molecule has 2 nitrogen and oxygen atoms in total. The van der Waals surface area contributed by atoms with Crippen molar-refractivity contribution in [3.63, 3.8) is 0 Å². The Labute approximate surface area is 111 Å². The van der Waals surface area contributed by atoms with Crippen molar-refractivity contribution in [2.75, 3.05) is 0 Å². The van der Waals surface area contributed by atoms with Crippen molar-refractivity contribution in [1.82, 2.24) is 4.98 Å². The van der Waals surface area contributed by atoms with E-state index in [-0.39, 0.29) is 0 Å². The van der Waals surface area contributed by atoms with E-state index in [1.54, 1.807) is 0 Å². The van der Waals surface area contributed by atoms with Crippen LogP contribution in [0.5, 0.6) is 0 Å². The lowest BCUT2D eigenvalue weighted by Crippen LogP contribution is -1.76. The summed E-state index contributed by atoms with van der Waals surface area (Å²) >= 11 is 9.35. The summed E-state index contributed by atoms with van der Waals surface area (Å²) < 4.78 is 6.66. The second kappa shape index (κ2) is 4.17. The van der Waals surface area contributed by atoms with Gasteiger partial charge in [0.1, 0.15) is 5.52 Å². The summed E-state index contributed by atoms with van der Waals surface area (Å²) in [4.78, 5) is 4.43. The van der Waals surface area contributed by atoms with Gasteiger partial charge in [-0.3, -0.25) is 0 Å². The first-order valence-electron chi connectivity index (χ1n) is 5.04. The van der Waals surface area contributed by atoms with Gasteiger partial charge in [0.2, 0.25) is 5.89 Å². The Morgan fingerprint density at radius 2 is 2.00 bits per heavy atom. The number of rotatable bonds is 1. The van der Waals surface area contributed by atoms with Crippen LogP contribution in [-0.4, -0.2) is 4.98 Å². The molecular weight excluding hydrogens is 302 g/mol. The summed E-state index contributed by atoms with van der Waals surface area (Å²) in [6.07, 6.45) is 0. The molecule has 0 bridgehead atoms. The molecule has 0 aliphatic heterocycles. The number of hydrogen-bond acceptors (Lipinski definition) is 2. The van der Waals surface area contributed by atoms with Gasteiger partial charge in [0.25, 0.3) is 0 Å². The van der Waals surface area contributed by atoms with Crippen molar-refractivity contribution < 1.29 is 4.42 Å². The third-order valence-corrected chi connectivity index (χ3v) is 3.15. The minimum absolute atomic E-state index is 0.584. The van der Waals surface area contributed by atoms with Crippen LogP contribution in [0.2, 0.25) is 5.02 Å². The van der Waals surface area contributed by atoms with Crippen molar-refractivity contribution in [1.29, 1.82) is 0 Å². The molecule has 1 aromatic heterocycles. The number of fused-ring (bicyclic) bond motifs is 1. The molecule has 0 saturated heterocycles. The van der Waals surface area contributed by atoms with Gasteiger partial charge in [-0.2, -0.15) is 0 Å². The van der Waals surface area contributed by atoms with Crippen LogP contribution in [0.15, 0.2) is 51.4 Å². The molecule has 0 spiro atoms. The molecule has 4 heteroatoms. The summed E-state index contributed by atoms with van der Waals surface area (Å²) in [5, 5.41) is 0.672. The Kier molecular flexibility index (Phi) is 2.65. The maximum atomic E-state index is 5.94. The molecule has 0 aliphatic carbocycles. The van der Waals surface area contributed by atoms with E-state index in [4.69, 9.17) is 16.0 Å². The van der Waals surface area contributed by atoms with Crippen LogP contribution in [0.3, 0.4) is 0 Å². The Morgan fingerprint density at radius 1 is 1.12 bits per heavy atom. The summed E-state index contributed by atoms with van der Waals surface area (Å²) in [5.74, 6) is 0.584. The van der Waals surface area contributed by atoms with E-state index in [2.05, 4.69) is 20.9 Å². The molecule has 0 saturated carbocycles. The molecule has 84 valence electrons. The normalized spacial score (nSPS) is 10.9. The number of benzene rings is 2. The zero-order valence-corrected chi connectivity index (χ0v) is 11.0. The van der Waals surface area contributed by atoms with Crippen molar-refractivity contribution in [3.8, 4) is 11.5 Å². The lowest BCUT2D eigenvalue weighted by Gasteiger charge is -1.94. The molecular formula is C13H7BrClNO. The predicted molar refractivity (Wildman–Crippen MR) is 72.2 cm³/mol. The second-order valence-corrected chi connectivity index (χ2v) is 4.99. The van der Waals surface area contributed by atoms with Crippen molar-refractivity contribution in [2.45, 2.75) is 0 Å². The molecule has 0 fully saturated rings. The van der Waals surface area contributed by atoms with Gasteiger partial charge in [-0.15, -0.1) is 0 Å². The maximum Gasteiger partial charge on any atom is 0.227 e. The lowest BCUT2D eigenvalue weighted by atomic mass is 10.2. The minimum Gasteiger partial charge on any atom is -0.436 e. The highest BCUT2D eigenvalue weighted by atomic mass is 79.9. The zero-order valence-electron chi connectivity index (χ0n) is 8.65. The van der Waals surface area contributed by atoms with Crippen molar-refractivity contribution in [3.05, 3.63) is 52.0 Å². The zero-order chi connectivity index (χ0) is 11.8. The fourth-order valence-electron chi connectivity index (χ4n) is 1.65. The van der Waals surface area contributed by atoms with Crippen LogP contribution in [0, 0.1) is 0 Å². The molecule has 17 heavy (non-hydrogen) atoms. The SMILES string of the molecule is Clc1cccc(-c2nc3cc(Br)ccc3o2)c1. The van der Waals surface area contributed by atoms with E-state index in [1.807, 2.05) is 42.5 Å². The highest BCUT2D eigenvalue weighted by Crippen LogP contribution is 2.27. The van der Waals surface area contributed by atoms with Crippen LogP contribution in [0.4, 0.5) is 0 Å². The molecule has 0 N–H and O–H groups in total. The van der Waals surface area contributed by atoms with E-state index < -0.39 is 0 Å². The number of nitrogens with zero attached hydrogens (tertiary/aromatic N) is 1. The quantitative estimate of drug-likeness (QED) is 0.638. The smallest absolute Gasteiger partial charge is 0.227 e. The minimum atomic E-state index is 0.584. The van der Waals surface area contributed by atoms with E-state index in [9.17, 15) is 0 Å². The summed E-state index contributed by atoms with van der Waals surface area (Å²) in [7, 11) is 0. The first kappa shape index (κ1) is 10.8. The number of halogens is 2. The topological polar surface area (TPSA) is 26.0 Å². The van der Waals surface area contributed by atoms with E-state index in [1.165, 1.54) is 0 Å². The van der Waals surface area contributed by atoms with Crippen molar-refractivity contribution >= 4 is 38.6 Å². The average molecular weight is 309 g/mol. The molecule has 0 aliphatic rings. The van der Waals surface area contributed by atoms with Gasteiger partial charge in [0, 0.05) is 15.1 Å². The van der Waals surface area contributed by atoms with Crippen molar-refractivity contribution in [2.24, 2.45) is 0 Å². The van der Waals surface area contributed by atoms with E-state index in [0.717, 1.165) is 21.1 Å². The Bertz CT molecular complexity index is 693. The second-order valence-electron chi connectivity index (χ2n) is 3.64. The molecule has 3 aromatic rings. The number of aromatic nitrogens is 1. The average Bonchev–Trinajstić information content (AvgIpc) is 2.72. The summed E-state index contributed by atoms with van der Waals surface area (Å²) in [5.41, 5.74) is 2.47. The standard InChI is InChI=1S/C13H7BrClNO/c14-9-4-5-12-11(7-9)16-13(17-12)8-2-1-3-10(15)6-8/h1-7H. The van der Waals surface area contributed by atoms with Crippen LogP contribution < -0.4 is 0 Å². The predicted octanol–water partition coefficient (Wildman–Crippen LogP) is 4.91. The van der Waals surface area contributed by atoms with Gasteiger partial charge in [-0.05, 0) is 36.4 Å². The number of hydrogen-bond donors (Lipinski definition) is 0. The van der Waals surface area contributed by atoms with E-state index in [0.29, 0.717) is 10.9 Å². The van der Waals surface area contributed by atoms with Gasteiger partial charge in [-0.25, -0.2) is 4.98 Å². The Balaban J connectivity index is 2.18. The third-order valence-electron chi connectivity index (χ3n) is 2.42. The summed E-state index contributed by atoms with van der Waals surface area (Å²) in [6, 6.07) is 13.2. The number of oxazole rings is 1. The van der Waals surface area contributed by atoms with E-state index >= 15 is 0 Å². The molecule has 0 amide bonds. The van der Waals surface area contributed by atoms with Gasteiger partial charge >= 0.3 is 0 Å². The Hall–Kier alpha value is -1.32. The van der Waals surface area contributed by atoms with Gasteiger partial charge < -0.3 is 4.42 Å². The van der Waals surface area contributed by atoms with Gasteiger partial charge in [0.15, 0.2) is 5.58 Å². The molecule has 3 rings (SSSR count). The molecule has 0 radical (unpaired) electrons. The molecule has 2 aromatic carbocycles. The largest absolute Gasteiger partial charge is 0.436 e. The molecule has 0 unspecified atom stereocenters. The highest BCUT2D eigenvalue weighted by molar-refractivity contribution is 9.10. The van der Waals surface area contributed by atoms with Crippen LogP contribution >= 0.6 is 27.5 Å². The van der Waals surface area contributed by atoms with Gasteiger partial charge in [-0.1, -0.05) is 33.6 Å². The van der Waals surface area contributed by atoms with Gasteiger partial charge in [0.05, 0.1) is 0 Å². The lowest BCUT2D eigenvalue weighted by molar-refractivity contribution is 0.620. The van der Waals surface area contributed by atoms with Crippen LogP contribution in [0.1, 0.15) is 0 Å². The fraction of sp³-hybridized carbons (Fsp3) is 0. The first-order chi connectivity index (χ1) is 8.22. The molecule has 1 heterocycles. The monoisotopic (exact) mass is 307 g/mol. The van der Waals surface area contributed by atoms with Crippen LogP contribution in [-0.2, 0) is 0 Å².